The SMILES string of the molecule is COc1ccc2onc(-c3ccccc3)c2c1F.c1ccc2c(c1)Cc1ccccc1C2. The molecule has 0 amide bonds. The first kappa shape index (κ1) is 20.0. The molecule has 0 aliphatic heterocycles. The van der Waals surface area contributed by atoms with E-state index in [2.05, 4.69) is 53.7 Å². The van der Waals surface area contributed by atoms with E-state index in [1.54, 1.807) is 6.07 Å². The Hall–Kier alpha value is -3.92. The predicted molar refractivity (Wildman–Crippen MR) is 124 cm³/mol. The van der Waals surface area contributed by atoms with E-state index in [0.717, 1.165) is 18.4 Å². The van der Waals surface area contributed by atoms with Crippen LogP contribution >= 0.6 is 0 Å². The Morgan fingerprint density at radius 2 is 1.25 bits per heavy atom. The van der Waals surface area contributed by atoms with Crippen LogP contribution in [0.3, 0.4) is 0 Å². The molecule has 4 heteroatoms. The monoisotopic (exact) mass is 423 g/mol. The number of rotatable bonds is 2. The summed E-state index contributed by atoms with van der Waals surface area (Å²) in [5, 5.41) is 4.28. The van der Waals surface area contributed by atoms with Crippen molar-refractivity contribution in [3.8, 4) is 17.0 Å². The van der Waals surface area contributed by atoms with E-state index in [0.29, 0.717) is 16.7 Å². The molecule has 0 bridgehead atoms. The Balaban J connectivity index is 0.000000139. The summed E-state index contributed by atoms with van der Waals surface area (Å²) < 4.78 is 24.3. The zero-order valence-corrected chi connectivity index (χ0v) is 17.7. The zero-order valence-electron chi connectivity index (χ0n) is 17.7. The third-order valence-electron chi connectivity index (χ3n) is 5.81. The molecule has 0 atom stereocenters. The van der Waals surface area contributed by atoms with Crippen LogP contribution in [0, 0.1) is 5.82 Å². The topological polar surface area (TPSA) is 35.3 Å². The number of ether oxygens (including phenoxy) is 1. The molecule has 158 valence electrons. The van der Waals surface area contributed by atoms with Crippen molar-refractivity contribution < 1.29 is 13.7 Å². The molecule has 0 saturated heterocycles. The summed E-state index contributed by atoms with van der Waals surface area (Å²) in [5.41, 5.74) is 7.67. The molecule has 0 spiro atoms. The number of benzene rings is 4. The summed E-state index contributed by atoms with van der Waals surface area (Å²) in [5.74, 6) is -0.266. The minimum atomic E-state index is -0.449. The molecule has 32 heavy (non-hydrogen) atoms. The lowest BCUT2D eigenvalue weighted by molar-refractivity contribution is 0.388. The summed E-state index contributed by atoms with van der Waals surface area (Å²) >= 11 is 0. The van der Waals surface area contributed by atoms with Crippen molar-refractivity contribution in [2.24, 2.45) is 0 Å². The standard InChI is InChI=1S/C14H10FNO2.C14H12/c1-17-11-8-7-10-12(13(11)15)14(16-18-10)9-5-3-2-4-6-9;1-2-6-12-10-14-8-4-3-7-13(14)9-11(12)5-1/h2-8H,1H3;1-8H,9-10H2. The Morgan fingerprint density at radius 1 is 0.719 bits per heavy atom. The van der Waals surface area contributed by atoms with Crippen LogP contribution in [0.25, 0.3) is 22.2 Å². The summed E-state index contributed by atoms with van der Waals surface area (Å²) in [7, 11) is 1.43. The maximum Gasteiger partial charge on any atom is 0.178 e. The van der Waals surface area contributed by atoms with E-state index in [1.807, 2.05) is 30.3 Å². The Bertz CT molecular complexity index is 1290. The van der Waals surface area contributed by atoms with Gasteiger partial charge < -0.3 is 9.26 Å². The molecule has 1 aliphatic carbocycles. The number of fused-ring (bicyclic) bond motifs is 3. The number of hydrogen-bond donors (Lipinski definition) is 0. The maximum atomic E-state index is 14.2. The molecule has 6 rings (SSSR count). The summed E-state index contributed by atoms with van der Waals surface area (Å²) in [6.45, 7) is 0. The molecule has 0 fully saturated rings. The van der Waals surface area contributed by atoms with E-state index in [4.69, 9.17) is 9.26 Å². The highest BCUT2D eigenvalue weighted by molar-refractivity contribution is 5.93. The predicted octanol–water partition coefficient (Wildman–Crippen LogP) is 6.82. The van der Waals surface area contributed by atoms with Crippen LogP contribution in [0.15, 0.2) is 95.5 Å². The van der Waals surface area contributed by atoms with Crippen molar-refractivity contribution in [3.05, 3.63) is 119 Å². The van der Waals surface area contributed by atoms with Gasteiger partial charge in [-0.1, -0.05) is 84.0 Å². The third-order valence-corrected chi connectivity index (χ3v) is 5.81. The lowest BCUT2D eigenvalue weighted by atomic mass is 9.86. The number of nitrogens with zero attached hydrogens (tertiary/aromatic N) is 1. The smallest absolute Gasteiger partial charge is 0.178 e. The van der Waals surface area contributed by atoms with Gasteiger partial charge >= 0.3 is 0 Å². The average Bonchev–Trinajstić information content (AvgIpc) is 3.29. The number of aromatic nitrogens is 1. The van der Waals surface area contributed by atoms with Crippen molar-refractivity contribution in [1.29, 1.82) is 0 Å². The molecular weight excluding hydrogens is 401 g/mol. The molecular formula is C28H22FNO2. The van der Waals surface area contributed by atoms with Crippen LogP contribution in [0.5, 0.6) is 5.75 Å². The van der Waals surface area contributed by atoms with Gasteiger partial charge in [-0.15, -0.1) is 0 Å². The maximum absolute atomic E-state index is 14.2. The minimum Gasteiger partial charge on any atom is -0.494 e. The van der Waals surface area contributed by atoms with Gasteiger partial charge in [-0.05, 0) is 47.2 Å². The van der Waals surface area contributed by atoms with Gasteiger partial charge in [0.1, 0.15) is 5.69 Å². The van der Waals surface area contributed by atoms with E-state index < -0.39 is 5.82 Å². The van der Waals surface area contributed by atoms with Crippen molar-refractivity contribution in [3.63, 3.8) is 0 Å². The fourth-order valence-corrected chi connectivity index (χ4v) is 4.14. The molecule has 0 radical (unpaired) electrons. The summed E-state index contributed by atoms with van der Waals surface area (Å²) in [4.78, 5) is 0. The molecule has 1 heterocycles. The highest BCUT2D eigenvalue weighted by atomic mass is 19.1. The molecule has 4 aromatic carbocycles. The molecule has 0 unspecified atom stereocenters. The summed E-state index contributed by atoms with van der Waals surface area (Å²) in [6, 6.07) is 30.0. The zero-order chi connectivity index (χ0) is 21.9. The normalized spacial score (nSPS) is 11.8. The van der Waals surface area contributed by atoms with Gasteiger partial charge in [-0.25, -0.2) is 4.39 Å². The molecule has 0 N–H and O–H groups in total. The van der Waals surface area contributed by atoms with E-state index in [1.165, 1.54) is 35.4 Å². The largest absolute Gasteiger partial charge is 0.494 e. The fourth-order valence-electron chi connectivity index (χ4n) is 4.14. The second kappa shape index (κ2) is 8.67. The van der Waals surface area contributed by atoms with Crippen LogP contribution in [0.4, 0.5) is 4.39 Å². The van der Waals surface area contributed by atoms with E-state index in [-0.39, 0.29) is 5.75 Å². The molecule has 1 aromatic heterocycles. The van der Waals surface area contributed by atoms with Gasteiger partial charge in [0.25, 0.3) is 0 Å². The van der Waals surface area contributed by atoms with Crippen molar-refractivity contribution in [2.75, 3.05) is 7.11 Å². The van der Waals surface area contributed by atoms with Gasteiger partial charge in [0.15, 0.2) is 17.1 Å². The van der Waals surface area contributed by atoms with Crippen LogP contribution in [0.2, 0.25) is 0 Å². The van der Waals surface area contributed by atoms with Gasteiger partial charge in [0.05, 0.1) is 12.5 Å². The minimum absolute atomic E-state index is 0.183. The number of halogens is 1. The first-order chi connectivity index (χ1) is 15.7. The number of hydrogen-bond acceptors (Lipinski definition) is 3. The average molecular weight is 423 g/mol. The lowest BCUT2D eigenvalue weighted by Gasteiger charge is -2.18. The van der Waals surface area contributed by atoms with Crippen molar-refractivity contribution in [1.82, 2.24) is 5.16 Å². The third kappa shape index (κ3) is 3.76. The molecule has 1 aliphatic rings. The van der Waals surface area contributed by atoms with Crippen LogP contribution < -0.4 is 4.74 Å². The number of methoxy groups -OCH3 is 1. The Kier molecular flexibility index (Phi) is 5.42. The Labute approximate surface area is 186 Å². The highest BCUT2D eigenvalue weighted by Gasteiger charge is 2.18. The van der Waals surface area contributed by atoms with E-state index >= 15 is 0 Å². The van der Waals surface area contributed by atoms with Crippen molar-refractivity contribution in [2.45, 2.75) is 12.8 Å². The van der Waals surface area contributed by atoms with Crippen LogP contribution in [0.1, 0.15) is 22.3 Å². The Morgan fingerprint density at radius 3 is 1.78 bits per heavy atom. The fraction of sp³-hybridized carbons (Fsp3) is 0.107. The molecule has 0 saturated carbocycles. The first-order valence-electron chi connectivity index (χ1n) is 10.6. The second-order valence-electron chi connectivity index (χ2n) is 7.74. The lowest BCUT2D eigenvalue weighted by Crippen LogP contribution is -2.06. The van der Waals surface area contributed by atoms with Gasteiger partial charge in [0, 0.05) is 5.56 Å². The molecule has 5 aromatic rings. The van der Waals surface area contributed by atoms with Crippen LogP contribution in [-0.4, -0.2) is 12.3 Å². The highest BCUT2D eigenvalue weighted by Crippen LogP contribution is 2.34. The van der Waals surface area contributed by atoms with Crippen LogP contribution in [-0.2, 0) is 12.8 Å². The van der Waals surface area contributed by atoms with Gasteiger partial charge in [0.2, 0.25) is 0 Å². The van der Waals surface area contributed by atoms with Gasteiger partial charge in [-0.2, -0.15) is 0 Å². The first-order valence-corrected chi connectivity index (χ1v) is 10.6. The summed E-state index contributed by atoms with van der Waals surface area (Å²) in [6.07, 6.45) is 2.21. The van der Waals surface area contributed by atoms with Crippen molar-refractivity contribution >= 4 is 11.0 Å². The second-order valence-corrected chi connectivity index (χ2v) is 7.74. The van der Waals surface area contributed by atoms with Gasteiger partial charge in [-0.3, -0.25) is 0 Å². The molecule has 3 nitrogen and oxygen atoms in total. The quantitative estimate of drug-likeness (QED) is 0.306. The van der Waals surface area contributed by atoms with E-state index in [9.17, 15) is 4.39 Å².